The first-order chi connectivity index (χ1) is 17.3. The molecule has 6 fully saturated rings. The highest BCUT2D eigenvalue weighted by molar-refractivity contribution is 7.99. The monoisotopic (exact) mass is 513 g/mol. The second kappa shape index (κ2) is 9.82. The molecule has 1 aromatic rings. The van der Waals surface area contributed by atoms with Crippen LogP contribution in [0.5, 0.6) is 0 Å². The van der Waals surface area contributed by atoms with Crippen LogP contribution in [0.3, 0.4) is 0 Å². The summed E-state index contributed by atoms with van der Waals surface area (Å²) in [7, 11) is 0. The zero-order valence-corrected chi connectivity index (χ0v) is 21.8. The number of aromatic nitrogens is 1. The van der Waals surface area contributed by atoms with E-state index >= 15 is 0 Å². The van der Waals surface area contributed by atoms with Gasteiger partial charge in [0.1, 0.15) is 10.8 Å². The predicted octanol–water partition coefficient (Wildman–Crippen LogP) is 4.48. The Bertz CT molecular complexity index is 997. The lowest BCUT2D eigenvalue weighted by atomic mass is 9.52. The SMILES string of the molecule is O=C(O)C[C@H]1CCN(c2ccc(C(=O)N[C@H]3C4CC5CC3C[C@@](O)(C5)C4)c(SC3CCCCC3)n2)C1. The fraction of sp³-hybridized carbons (Fsp3) is 0.750. The smallest absolute Gasteiger partial charge is 0.303 e. The van der Waals surface area contributed by atoms with Crippen molar-refractivity contribution in [1.82, 2.24) is 10.3 Å². The number of carboxylic acids is 1. The van der Waals surface area contributed by atoms with Gasteiger partial charge >= 0.3 is 5.97 Å². The van der Waals surface area contributed by atoms with Crippen LogP contribution in [0.15, 0.2) is 17.2 Å². The van der Waals surface area contributed by atoms with Gasteiger partial charge in [-0.15, -0.1) is 11.8 Å². The Morgan fingerprint density at radius 3 is 2.53 bits per heavy atom. The van der Waals surface area contributed by atoms with Crippen molar-refractivity contribution in [3.05, 3.63) is 17.7 Å². The highest BCUT2D eigenvalue weighted by atomic mass is 32.2. The quantitative estimate of drug-likeness (QED) is 0.494. The van der Waals surface area contributed by atoms with Gasteiger partial charge in [-0.25, -0.2) is 4.98 Å². The van der Waals surface area contributed by atoms with E-state index in [4.69, 9.17) is 4.98 Å². The molecule has 1 aliphatic heterocycles. The molecule has 8 heteroatoms. The first-order valence-corrected chi connectivity index (χ1v) is 14.9. The van der Waals surface area contributed by atoms with Crippen molar-refractivity contribution < 1.29 is 19.8 Å². The third-order valence-electron chi connectivity index (χ3n) is 9.53. The van der Waals surface area contributed by atoms with E-state index in [0.29, 0.717) is 35.1 Å². The summed E-state index contributed by atoms with van der Waals surface area (Å²) in [5, 5.41) is 24.8. The van der Waals surface area contributed by atoms with Gasteiger partial charge in [-0.3, -0.25) is 9.59 Å². The molecule has 5 aliphatic carbocycles. The molecular formula is C28H39N3O4S. The van der Waals surface area contributed by atoms with Crippen LogP contribution >= 0.6 is 11.8 Å². The molecular weight excluding hydrogens is 474 g/mol. The maximum atomic E-state index is 13.7. The van der Waals surface area contributed by atoms with E-state index in [1.807, 2.05) is 12.1 Å². The van der Waals surface area contributed by atoms with Crippen molar-refractivity contribution in [3.8, 4) is 0 Å². The number of anilines is 1. The average molecular weight is 514 g/mol. The van der Waals surface area contributed by atoms with Crippen LogP contribution in [-0.2, 0) is 4.79 Å². The maximum Gasteiger partial charge on any atom is 0.303 e. The van der Waals surface area contributed by atoms with Gasteiger partial charge in [0.15, 0.2) is 0 Å². The number of pyridine rings is 1. The molecule has 7 rings (SSSR count). The Kier molecular flexibility index (Phi) is 6.69. The summed E-state index contributed by atoms with van der Waals surface area (Å²) in [4.78, 5) is 32.0. The van der Waals surface area contributed by atoms with Crippen LogP contribution < -0.4 is 10.2 Å². The maximum absolute atomic E-state index is 13.7. The van der Waals surface area contributed by atoms with Crippen LogP contribution in [0.1, 0.15) is 87.4 Å². The molecule has 1 saturated heterocycles. The van der Waals surface area contributed by atoms with Gasteiger partial charge < -0.3 is 20.4 Å². The minimum Gasteiger partial charge on any atom is -0.481 e. The minimum atomic E-state index is -0.743. The number of thioether (sulfide) groups is 1. The molecule has 3 N–H and O–H groups in total. The molecule has 5 saturated carbocycles. The Hall–Kier alpha value is -1.80. The van der Waals surface area contributed by atoms with E-state index in [1.54, 1.807) is 11.8 Å². The molecule has 7 nitrogen and oxygen atoms in total. The van der Waals surface area contributed by atoms with Crippen molar-refractivity contribution >= 4 is 29.5 Å². The van der Waals surface area contributed by atoms with Crippen molar-refractivity contribution in [2.24, 2.45) is 23.7 Å². The van der Waals surface area contributed by atoms with Crippen LogP contribution in [0.2, 0.25) is 0 Å². The molecule has 1 aromatic heterocycles. The lowest BCUT2D eigenvalue weighted by Crippen LogP contribution is -2.61. The summed E-state index contributed by atoms with van der Waals surface area (Å²) in [5.41, 5.74) is 0.167. The lowest BCUT2D eigenvalue weighted by Gasteiger charge is -2.58. The van der Waals surface area contributed by atoms with Crippen molar-refractivity contribution in [2.45, 2.75) is 99.0 Å². The Balaban J connectivity index is 1.21. The van der Waals surface area contributed by atoms with E-state index in [9.17, 15) is 19.8 Å². The molecule has 196 valence electrons. The van der Waals surface area contributed by atoms with Gasteiger partial charge in [0.2, 0.25) is 0 Å². The lowest BCUT2D eigenvalue weighted by molar-refractivity contribution is -0.138. The van der Waals surface area contributed by atoms with Gasteiger partial charge in [0.05, 0.1) is 11.2 Å². The van der Waals surface area contributed by atoms with Gasteiger partial charge in [-0.05, 0) is 87.2 Å². The van der Waals surface area contributed by atoms with Gasteiger partial charge in [0.25, 0.3) is 5.91 Å². The molecule has 1 amide bonds. The summed E-state index contributed by atoms with van der Waals surface area (Å²) in [6, 6.07) is 4.04. The Morgan fingerprint density at radius 1 is 1.08 bits per heavy atom. The van der Waals surface area contributed by atoms with Gasteiger partial charge in [0, 0.05) is 30.8 Å². The number of aliphatic hydroxyl groups is 1. The van der Waals surface area contributed by atoms with Crippen LogP contribution in [-0.4, -0.2) is 57.1 Å². The van der Waals surface area contributed by atoms with E-state index in [-0.39, 0.29) is 24.3 Å². The number of hydrogen-bond acceptors (Lipinski definition) is 6. The first kappa shape index (κ1) is 24.5. The molecule has 0 radical (unpaired) electrons. The number of aliphatic carboxylic acids is 1. The topological polar surface area (TPSA) is 103 Å². The van der Waals surface area contributed by atoms with E-state index in [2.05, 4.69) is 10.2 Å². The minimum absolute atomic E-state index is 0.0259. The summed E-state index contributed by atoms with van der Waals surface area (Å²) in [5.74, 6) is 1.60. The summed E-state index contributed by atoms with van der Waals surface area (Å²) >= 11 is 1.76. The third-order valence-corrected chi connectivity index (χ3v) is 10.9. The second-order valence-corrected chi connectivity index (χ2v) is 13.6. The molecule has 2 heterocycles. The number of hydrogen-bond donors (Lipinski definition) is 3. The van der Waals surface area contributed by atoms with Gasteiger partial charge in [-0.1, -0.05) is 19.3 Å². The van der Waals surface area contributed by atoms with Crippen molar-refractivity contribution in [1.29, 1.82) is 0 Å². The highest BCUT2D eigenvalue weighted by Crippen LogP contribution is 2.55. The van der Waals surface area contributed by atoms with Crippen LogP contribution in [0.25, 0.3) is 0 Å². The molecule has 36 heavy (non-hydrogen) atoms. The van der Waals surface area contributed by atoms with Crippen molar-refractivity contribution in [3.63, 3.8) is 0 Å². The zero-order valence-electron chi connectivity index (χ0n) is 21.0. The van der Waals surface area contributed by atoms with E-state index < -0.39 is 11.6 Å². The summed E-state index contributed by atoms with van der Waals surface area (Å²) in [6.45, 7) is 1.51. The van der Waals surface area contributed by atoms with Crippen LogP contribution in [0, 0.1) is 23.7 Å². The molecule has 6 aliphatic rings. The Morgan fingerprint density at radius 2 is 1.83 bits per heavy atom. The van der Waals surface area contributed by atoms with Crippen molar-refractivity contribution in [2.75, 3.05) is 18.0 Å². The van der Waals surface area contributed by atoms with E-state index in [0.717, 1.165) is 68.8 Å². The normalized spacial score (nSPS) is 35.8. The largest absolute Gasteiger partial charge is 0.481 e. The molecule has 2 unspecified atom stereocenters. The first-order valence-electron chi connectivity index (χ1n) is 14.0. The number of rotatable bonds is 7. The molecule has 4 bridgehead atoms. The fourth-order valence-corrected chi connectivity index (χ4v) is 9.43. The fourth-order valence-electron chi connectivity index (χ4n) is 8.11. The number of nitrogens with one attached hydrogen (secondary N) is 1. The number of nitrogens with zero attached hydrogens (tertiary/aromatic N) is 2. The number of carbonyl (C=O) groups excluding carboxylic acids is 1. The zero-order chi connectivity index (χ0) is 24.9. The molecule has 0 aromatic carbocycles. The summed E-state index contributed by atoms with van der Waals surface area (Å²) in [6.07, 6.45) is 12.0. The molecule has 0 spiro atoms. The summed E-state index contributed by atoms with van der Waals surface area (Å²) < 4.78 is 0. The number of carbonyl (C=O) groups is 2. The third kappa shape index (κ3) is 5.00. The average Bonchev–Trinajstić information content (AvgIpc) is 3.29. The predicted molar refractivity (Wildman–Crippen MR) is 139 cm³/mol. The van der Waals surface area contributed by atoms with Crippen LogP contribution in [0.4, 0.5) is 5.82 Å². The number of carboxylic acid groups (broad SMARTS) is 1. The van der Waals surface area contributed by atoms with E-state index in [1.165, 1.54) is 19.3 Å². The number of amides is 1. The standard InChI is InChI=1S/C28H39N3O4S/c32-24(33)12-17-8-9-31(16-17)23-7-6-22(27(29-23)36-21-4-2-1-3-5-21)26(34)30-25-19-10-18-11-20(25)15-28(35,13-18)14-19/h6-7,17-21,25,35H,1-5,8-16H2,(H,30,34)(H,32,33)/t17-,18?,19?,20?,25-,28+/m1/s1. The van der Waals surface area contributed by atoms with Gasteiger partial charge in [-0.2, -0.15) is 0 Å². The highest BCUT2D eigenvalue weighted by Gasteiger charge is 2.55. The second-order valence-electron chi connectivity index (χ2n) is 12.3. The Labute approximate surface area is 217 Å². The molecule has 3 atom stereocenters.